The van der Waals surface area contributed by atoms with Crippen molar-refractivity contribution in [3.05, 3.63) is 65.7 Å². The van der Waals surface area contributed by atoms with Crippen LogP contribution in [0.3, 0.4) is 0 Å². The molecule has 100 valence electrons. The Morgan fingerprint density at radius 2 is 1.75 bits per heavy atom. The van der Waals surface area contributed by atoms with Crippen molar-refractivity contribution in [2.45, 2.75) is 18.8 Å². The Kier molecular flexibility index (Phi) is 3.86. The van der Waals surface area contributed by atoms with E-state index in [0.29, 0.717) is 12.0 Å². The van der Waals surface area contributed by atoms with Crippen molar-refractivity contribution in [1.29, 1.82) is 5.26 Å². The summed E-state index contributed by atoms with van der Waals surface area (Å²) in [5.74, 6) is -0.0156. The molecule has 2 aromatic rings. The molecule has 0 aromatic heterocycles. The van der Waals surface area contributed by atoms with Gasteiger partial charge in [-0.05, 0) is 30.2 Å². The van der Waals surface area contributed by atoms with E-state index >= 15 is 0 Å². The summed E-state index contributed by atoms with van der Waals surface area (Å²) in [5.41, 5.74) is 0.351. The predicted molar refractivity (Wildman–Crippen MR) is 76.2 cm³/mol. The normalized spacial score (nSPS) is 13.2. The van der Waals surface area contributed by atoms with Crippen LogP contribution in [0.15, 0.2) is 54.6 Å². The lowest BCUT2D eigenvalue weighted by atomic mass is 9.74. The molecule has 3 heteroatoms. The van der Waals surface area contributed by atoms with Gasteiger partial charge in [0.1, 0.15) is 11.2 Å². The van der Waals surface area contributed by atoms with Gasteiger partial charge in [-0.3, -0.25) is 4.79 Å². The van der Waals surface area contributed by atoms with Crippen molar-refractivity contribution in [2.75, 3.05) is 0 Å². The number of rotatable bonds is 4. The first-order valence-corrected chi connectivity index (χ1v) is 6.34. The second kappa shape index (κ2) is 5.58. The molecule has 20 heavy (non-hydrogen) atoms. The van der Waals surface area contributed by atoms with Gasteiger partial charge in [0, 0.05) is 6.42 Å². The minimum absolute atomic E-state index is 0.166. The van der Waals surface area contributed by atoms with Gasteiger partial charge in [0.15, 0.2) is 5.78 Å². The average molecular weight is 265 g/mol. The number of Topliss-reactive ketones (excluding diaryl/α,β-unsaturated/α-hetero) is 1. The monoisotopic (exact) mass is 265 g/mol. The van der Waals surface area contributed by atoms with Crippen LogP contribution >= 0.6 is 0 Å². The number of phenolic OH excluding ortho intramolecular Hbond substituents is 1. The van der Waals surface area contributed by atoms with Gasteiger partial charge in [0.05, 0.1) is 6.07 Å². The first-order valence-electron chi connectivity index (χ1n) is 6.34. The second-order valence-corrected chi connectivity index (χ2v) is 4.78. The standard InChI is InChI=1S/C17H15NO2/c1-13(19)17(12-18,15-5-3-2-4-6-15)11-14-7-9-16(20)10-8-14/h2-10,20H,11H2,1H3. The lowest BCUT2D eigenvalue weighted by Gasteiger charge is -2.24. The third-order valence-corrected chi connectivity index (χ3v) is 3.46. The van der Waals surface area contributed by atoms with E-state index in [1.54, 1.807) is 36.4 Å². The van der Waals surface area contributed by atoms with E-state index in [2.05, 4.69) is 6.07 Å². The molecule has 1 unspecified atom stereocenters. The fourth-order valence-electron chi connectivity index (χ4n) is 2.26. The summed E-state index contributed by atoms with van der Waals surface area (Å²) in [4.78, 5) is 12.1. The van der Waals surface area contributed by atoms with Crippen LogP contribution < -0.4 is 0 Å². The largest absolute Gasteiger partial charge is 0.508 e. The third-order valence-electron chi connectivity index (χ3n) is 3.46. The molecule has 0 radical (unpaired) electrons. The molecule has 3 nitrogen and oxygen atoms in total. The van der Waals surface area contributed by atoms with Crippen molar-refractivity contribution in [3.8, 4) is 11.8 Å². The topological polar surface area (TPSA) is 61.1 Å². The van der Waals surface area contributed by atoms with Crippen LogP contribution in [0, 0.1) is 11.3 Å². The zero-order valence-electron chi connectivity index (χ0n) is 11.2. The van der Waals surface area contributed by atoms with Crippen molar-refractivity contribution in [1.82, 2.24) is 0 Å². The van der Waals surface area contributed by atoms with Crippen LogP contribution in [0.4, 0.5) is 0 Å². The van der Waals surface area contributed by atoms with Gasteiger partial charge < -0.3 is 5.11 Å². The maximum atomic E-state index is 12.1. The molecule has 0 bridgehead atoms. The molecule has 0 amide bonds. The first kappa shape index (κ1) is 13.8. The lowest BCUT2D eigenvalue weighted by Crippen LogP contribution is -2.35. The summed E-state index contributed by atoms with van der Waals surface area (Å²) in [6, 6.07) is 17.8. The van der Waals surface area contributed by atoms with Crippen molar-refractivity contribution in [3.63, 3.8) is 0 Å². The van der Waals surface area contributed by atoms with Gasteiger partial charge >= 0.3 is 0 Å². The molecule has 0 aliphatic rings. The van der Waals surface area contributed by atoms with Crippen LogP contribution in [0.25, 0.3) is 0 Å². The van der Waals surface area contributed by atoms with Crippen LogP contribution in [-0.2, 0) is 16.6 Å². The quantitative estimate of drug-likeness (QED) is 0.924. The Hall–Kier alpha value is -2.60. The number of aromatic hydroxyl groups is 1. The number of hydrogen-bond acceptors (Lipinski definition) is 3. The van der Waals surface area contributed by atoms with Crippen LogP contribution in [-0.4, -0.2) is 10.9 Å². The van der Waals surface area contributed by atoms with Gasteiger partial charge in [-0.2, -0.15) is 5.26 Å². The van der Waals surface area contributed by atoms with Gasteiger partial charge in [0.2, 0.25) is 0 Å². The molecule has 0 saturated heterocycles. The van der Waals surface area contributed by atoms with E-state index < -0.39 is 5.41 Å². The van der Waals surface area contributed by atoms with E-state index in [1.807, 2.05) is 18.2 Å². The summed E-state index contributed by atoms with van der Waals surface area (Å²) in [7, 11) is 0. The number of nitrogens with zero attached hydrogens (tertiary/aromatic N) is 1. The maximum absolute atomic E-state index is 12.1. The van der Waals surface area contributed by atoms with E-state index in [0.717, 1.165) is 5.56 Å². The van der Waals surface area contributed by atoms with Gasteiger partial charge in [-0.15, -0.1) is 0 Å². The molecule has 0 saturated carbocycles. The SMILES string of the molecule is CC(=O)C(C#N)(Cc1ccc(O)cc1)c1ccccc1. The van der Waals surface area contributed by atoms with Crippen LogP contribution in [0.2, 0.25) is 0 Å². The number of carbonyl (C=O) groups is 1. The van der Waals surface area contributed by atoms with Crippen LogP contribution in [0.1, 0.15) is 18.1 Å². The zero-order chi connectivity index (χ0) is 14.6. The summed E-state index contributed by atoms with van der Waals surface area (Å²) >= 11 is 0. The molecular formula is C17H15NO2. The van der Waals surface area contributed by atoms with Gasteiger partial charge in [-0.25, -0.2) is 0 Å². The second-order valence-electron chi connectivity index (χ2n) is 4.78. The van der Waals surface area contributed by atoms with Gasteiger partial charge in [-0.1, -0.05) is 42.5 Å². The first-order chi connectivity index (χ1) is 9.58. The smallest absolute Gasteiger partial charge is 0.154 e. The number of nitriles is 1. The van der Waals surface area contributed by atoms with Crippen LogP contribution in [0.5, 0.6) is 5.75 Å². The predicted octanol–water partition coefficient (Wildman–Crippen LogP) is 2.99. The van der Waals surface area contributed by atoms with Crippen molar-refractivity contribution < 1.29 is 9.90 Å². The zero-order valence-corrected chi connectivity index (χ0v) is 11.2. The van der Waals surface area contributed by atoms with Crippen molar-refractivity contribution in [2.24, 2.45) is 0 Å². The maximum Gasteiger partial charge on any atom is 0.154 e. The molecule has 1 N–H and O–H groups in total. The molecule has 0 spiro atoms. The van der Waals surface area contributed by atoms with E-state index in [4.69, 9.17) is 0 Å². The van der Waals surface area contributed by atoms with E-state index in [1.165, 1.54) is 6.92 Å². The molecule has 0 fully saturated rings. The Morgan fingerprint density at radius 1 is 1.15 bits per heavy atom. The third kappa shape index (κ3) is 2.55. The molecular weight excluding hydrogens is 250 g/mol. The average Bonchev–Trinajstić information content (AvgIpc) is 2.47. The lowest BCUT2D eigenvalue weighted by molar-refractivity contribution is -0.120. The minimum Gasteiger partial charge on any atom is -0.508 e. The number of hydrogen-bond donors (Lipinski definition) is 1. The fourth-order valence-corrected chi connectivity index (χ4v) is 2.26. The summed E-state index contributed by atoms with van der Waals surface area (Å²) in [6.07, 6.45) is 0.295. The highest BCUT2D eigenvalue weighted by molar-refractivity contribution is 5.91. The highest BCUT2D eigenvalue weighted by atomic mass is 16.3. The van der Waals surface area contributed by atoms with Gasteiger partial charge in [0.25, 0.3) is 0 Å². The number of benzene rings is 2. The minimum atomic E-state index is -1.18. The molecule has 0 aliphatic carbocycles. The highest BCUT2D eigenvalue weighted by Crippen LogP contribution is 2.29. The molecule has 2 aromatic carbocycles. The Labute approximate surface area is 118 Å². The summed E-state index contributed by atoms with van der Waals surface area (Å²) < 4.78 is 0. The molecule has 0 heterocycles. The Morgan fingerprint density at radius 3 is 2.25 bits per heavy atom. The number of ketones is 1. The van der Waals surface area contributed by atoms with E-state index in [-0.39, 0.29) is 11.5 Å². The highest BCUT2D eigenvalue weighted by Gasteiger charge is 2.37. The molecule has 0 aliphatic heterocycles. The molecule has 1 atom stereocenters. The number of phenols is 1. The Balaban J connectivity index is 2.46. The van der Waals surface area contributed by atoms with Crippen molar-refractivity contribution >= 4 is 5.78 Å². The fraction of sp³-hybridized carbons (Fsp3) is 0.176. The summed E-state index contributed by atoms with van der Waals surface area (Å²) in [6.45, 7) is 1.44. The molecule has 2 rings (SSSR count). The Bertz CT molecular complexity index is 641. The number of carbonyl (C=O) groups excluding carboxylic acids is 1. The van der Waals surface area contributed by atoms with E-state index in [9.17, 15) is 15.2 Å². The summed E-state index contributed by atoms with van der Waals surface area (Å²) in [5, 5.41) is 18.9.